The molecule has 4 rings (SSSR count). The predicted octanol–water partition coefficient (Wildman–Crippen LogP) is 2.06. The monoisotopic (exact) mass is 344 g/mol. The van der Waals surface area contributed by atoms with E-state index in [0.29, 0.717) is 12.1 Å². The van der Waals surface area contributed by atoms with Gasteiger partial charge in [-0.3, -0.25) is 25.7 Å². The molecule has 8 heteroatoms. The van der Waals surface area contributed by atoms with E-state index in [-0.39, 0.29) is 22.1 Å². The molecule has 1 saturated heterocycles. The third kappa shape index (κ3) is 2.17. The van der Waals surface area contributed by atoms with Crippen LogP contribution in [-0.4, -0.2) is 33.9 Å². The first kappa shape index (κ1) is 15.3. The summed E-state index contributed by atoms with van der Waals surface area (Å²) in [6, 6.07) is 5.84. The standard InChI is InChI=1S/C16H16N4O3S/c21-14(11-1-3-13(4-2-11)20(22)23)12-5-6-15-10-18-19-16(15,17-9-12)7-8-24-15/h1-4,7-8,10,12,17,19H,5-6,9H2. The Labute approximate surface area is 142 Å². The maximum absolute atomic E-state index is 12.8. The van der Waals surface area contributed by atoms with Gasteiger partial charge in [-0.1, -0.05) is 0 Å². The van der Waals surface area contributed by atoms with Crippen molar-refractivity contribution in [2.75, 3.05) is 6.54 Å². The van der Waals surface area contributed by atoms with Crippen molar-refractivity contribution < 1.29 is 9.72 Å². The maximum Gasteiger partial charge on any atom is 0.269 e. The number of nitro benzene ring substituents is 1. The van der Waals surface area contributed by atoms with Crippen LogP contribution in [-0.2, 0) is 0 Å². The first-order valence-corrected chi connectivity index (χ1v) is 8.64. The number of carbonyl (C=O) groups is 1. The molecule has 0 aromatic heterocycles. The van der Waals surface area contributed by atoms with E-state index in [2.05, 4.69) is 27.3 Å². The van der Waals surface area contributed by atoms with E-state index in [9.17, 15) is 14.9 Å². The first-order chi connectivity index (χ1) is 11.6. The fraction of sp³-hybridized carbons (Fsp3) is 0.375. The lowest BCUT2D eigenvalue weighted by Crippen LogP contribution is -2.62. The minimum atomic E-state index is -0.462. The highest BCUT2D eigenvalue weighted by molar-refractivity contribution is 8.04. The summed E-state index contributed by atoms with van der Waals surface area (Å²) in [6.45, 7) is 0.541. The molecule has 1 fully saturated rings. The summed E-state index contributed by atoms with van der Waals surface area (Å²) in [5.74, 6) is -0.137. The molecule has 3 heterocycles. The van der Waals surface area contributed by atoms with Gasteiger partial charge in [0.25, 0.3) is 5.69 Å². The van der Waals surface area contributed by atoms with Gasteiger partial charge in [-0.25, -0.2) is 0 Å². The van der Waals surface area contributed by atoms with Gasteiger partial charge in [0, 0.05) is 36.4 Å². The van der Waals surface area contributed by atoms with E-state index < -0.39 is 10.6 Å². The van der Waals surface area contributed by atoms with Crippen LogP contribution in [0.3, 0.4) is 0 Å². The molecule has 0 saturated carbocycles. The van der Waals surface area contributed by atoms with E-state index in [1.165, 1.54) is 24.3 Å². The molecule has 3 unspecified atom stereocenters. The van der Waals surface area contributed by atoms with Crippen molar-refractivity contribution in [3.05, 3.63) is 51.4 Å². The molecule has 1 aromatic carbocycles. The van der Waals surface area contributed by atoms with Crippen molar-refractivity contribution in [1.82, 2.24) is 10.7 Å². The molecule has 24 heavy (non-hydrogen) atoms. The van der Waals surface area contributed by atoms with Crippen LogP contribution in [0.1, 0.15) is 23.2 Å². The topological polar surface area (TPSA) is 96.6 Å². The number of Topliss-reactive ketones (excluding diaryl/α,β-unsaturated/α-hetero) is 1. The van der Waals surface area contributed by atoms with Crippen LogP contribution in [0, 0.1) is 16.0 Å². The second-order valence-electron chi connectivity index (χ2n) is 6.27. The molecular weight excluding hydrogens is 328 g/mol. The lowest BCUT2D eigenvalue weighted by atomic mass is 9.88. The van der Waals surface area contributed by atoms with Gasteiger partial charge in [0.1, 0.15) is 5.66 Å². The van der Waals surface area contributed by atoms with Crippen LogP contribution < -0.4 is 10.7 Å². The summed E-state index contributed by atoms with van der Waals surface area (Å²) in [7, 11) is 0. The summed E-state index contributed by atoms with van der Waals surface area (Å²) in [6.07, 6.45) is 5.58. The van der Waals surface area contributed by atoms with E-state index in [1.807, 2.05) is 6.21 Å². The highest BCUT2D eigenvalue weighted by atomic mass is 32.2. The van der Waals surface area contributed by atoms with Gasteiger partial charge in [-0.15, -0.1) is 11.8 Å². The van der Waals surface area contributed by atoms with Gasteiger partial charge >= 0.3 is 0 Å². The third-order valence-corrected chi connectivity index (χ3v) is 6.33. The molecule has 0 bridgehead atoms. The normalized spacial score (nSPS) is 33.4. The summed E-state index contributed by atoms with van der Waals surface area (Å²) in [5, 5.41) is 20.5. The molecule has 0 spiro atoms. The van der Waals surface area contributed by atoms with Crippen LogP contribution in [0.15, 0.2) is 40.9 Å². The number of hydrogen-bond donors (Lipinski definition) is 2. The highest BCUT2D eigenvalue weighted by Crippen LogP contribution is 2.48. The van der Waals surface area contributed by atoms with E-state index >= 15 is 0 Å². The number of nitrogens with zero attached hydrogens (tertiary/aromatic N) is 2. The summed E-state index contributed by atoms with van der Waals surface area (Å²) < 4.78 is -0.183. The van der Waals surface area contributed by atoms with Gasteiger partial charge in [-0.2, -0.15) is 5.10 Å². The lowest BCUT2D eigenvalue weighted by molar-refractivity contribution is -0.384. The SMILES string of the molecule is O=C(c1ccc([N+](=O)[O-])cc1)C1CCC23C=NNC2(C=CS3)NC1. The maximum atomic E-state index is 12.8. The second kappa shape index (κ2) is 5.42. The van der Waals surface area contributed by atoms with Crippen molar-refractivity contribution >= 4 is 29.4 Å². The van der Waals surface area contributed by atoms with E-state index in [4.69, 9.17) is 0 Å². The number of thioether (sulfide) groups is 1. The number of non-ortho nitro benzene ring substituents is 1. The Kier molecular flexibility index (Phi) is 3.47. The van der Waals surface area contributed by atoms with Gasteiger partial charge in [0.15, 0.2) is 5.78 Å². The van der Waals surface area contributed by atoms with Crippen LogP contribution >= 0.6 is 11.8 Å². The minimum Gasteiger partial charge on any atom is -0.294 e. The predicted molar refractivity (Wildman–Crippen MR) is 92.0 cm³/mol. The van der Waals surface area contributed by atoms with Gasteiger partial charge in [-0.05, 0) is 36.5 Å². The van der Waals surface area contributed by atoms with Crippen molar-refractivity contribution in [3.63, 3.8) is 0 Å². The number of hydrazone groups is 1. The van der Waals surface area contributed by atoms with Gasteiger partial charge < -0.3 is 0 Å². The molecule has 1 aromatic rings. The average molecular weight is 344 g/mol. The summed E-state index contributed by atoms with van der Waals surface area (Å²) in [4.78, 5) is 23.1. The number of nitrogens with one attached hydrogen (secondary N) is 2. The van der Waals surface area contributed by atoms with Crippen molar-refractivity contribution in [3.8, 4) is 0 Å². The Hall–Kier alpha value is -2.19. The molecule has 3 aliphatic heterocycles. The largest absolute Gasteiger partial charge is 0.294 e. The van der Waals surface area contributed by atoms with Crippen LogP contribution in [0.5, 0.6) is 0 Å². The molecule has 3 atom stereocenters. The van der Waals surface area contributed by atoms with Crippen LogP contribution in [0.25, 0.3) is 0 Å². The Balaban J connectivity index is 1.54. The van der Waals surface area contributed by atoms with Gasteiger partial charge in [0.2, 0.25) is 0 Å². The summed E-state index contributed by atoms with van der Waals surface area (Å²) >= 11 is 1.72. The number of nitro groups is 1. The molecule has 0 amide bonds. The number of carbonyl (C=O) groups excluding carboxylic acids is 1. The number of rotatable bonds is 3. The molecule has 2 N–H and O–H groups in total. The van der Waals surface area contributed by atoms with Crippen molar-refractivity contribution in [1.29, 1.82) is 0 Å². The molecule has 124 valence electrons. The van der Waals surface area contributed by atoms with Crippen molar-refractivity contribution in [2.24, 2.45) is 11.0 Å². The third-order valence-electron chi connectivity index (χ3n) is 5.00. The zero-order chi connectivity index (χ0) is 16.8. The Bertz CT molecular complexity index is 733. The van der Waals surface area contributed by atoms with E-state index in [1.54, 1.807) is 11.8 Å². The Morgan fingerprint density at radius 3 is 2.92 bits per heavy atom. The number of ketones is 1. The lowest BCUT2D eigenvalue weighted by Gasteiger charge is -2.36. The number of benzene rings is 1. The zero-order valence-electron chi connectivity index (χ0n) is 12.8. The second-order valence-corrected chi connectivity index (χ2v) is 7.51. The zero-order valence-corrected chi connectivity index (χ0v) is 13.6. The average Bonchev–Trinajstić information content (AvgIpc) is 3.05. The molecule has 0 aliphatic carbocycles. The molecule has 7 nitrogen and oxygen atoms in total. The quantitative estimate of drug-likeness (QED) is 0.495. The summed E-state index contributed by atoms with van der Waals surface area (Å²) in [5.41, 5.74) is 3.25. The molecule has 0 radical (unpaired) electrons. The minimum absolute atomic E-state index is 0.00525. The first-order valence-electron chi connectivity index (χ1n) is 7.76. The van der Waals surface area contributed by atoms with Crippen LogP contribution in [0.2, 0.25) is 0 Å². The highest BCUT2D eigenvalue weighted by Gasteiger charge is 2.57. The fourth-order valence-electron chi connectivity index (χ4n) is 3.54. The molecule has 3 aliphatic rings. The fourth-order valence-corrected chi connectivity index (χ4v) is 4.78. The Morgan fingerprint density at radius 1 is 1.38 bits per heavy atom. The molecular formula is C16H16N4O3S. The number of hydrogen-bond acceptors (Lipinski definition) is 7. The van der Waals surface area contributed by atoms with Gasteiger partial charge in [0.05, 0.1) is 9.67 Å². The smallest absolute Gasteiger partial charge is 0.269 e. The van der Waals surface area contributed by atoms with Crippen molar-refractivity contribution in [2.45, 2.75) is 23.3 Å². The van der Waals surface area contributed by atoms with E-state index in [0.717, 1.165) is 12.8 Å². The Morgan fingerprint density at radius 2 is 2.17 bits per heavy atom. The van der Waals surface area contributed by atoms with Crippen LogP contribution in [0.4, 0.5) is 5.69 Å².